The van der Waals surface area contributed by atoms with E-state index in [0.717, 1.165) is 16.7 Å². The first-order chi connectivity index (χ1) is 7.11. The van der Waals surface area contributed by atoms with Crippen LogP contribution in [0, 0.1) is 0 Å². The van der Waals surface area contributed by atoms with Gasteiger partial charge >= 0.3 is 0 Å². The van der Waals surface area contributed by atoms with E-state index in [0.29, 0.717) is 0 Å². The fourth-order valence-corrected chi connectivity index (χ4v) is 2.00. The molecule has 0 radical (unpaired) electrons. The quantitative estimate of drug-likeness (QED) is 0.835. The Kier molecular flexibility index (Phi) is 2.84. The molecule has 0 atom stereocenters. The number of nitrogens with one attached hydrogen (secondary N) is 1. The molecule has 0 bridgehead atoms. The fraction of sp³-hybridized carbons (Fsp3) is 0.400. The third-order valence-electron chi connectivity index (χ3n) is 2.21. The van der Waals surface area contributed by atoms with Gasteiger partial charge in [0.15, 0.2) is 0 Å². The van der Waals surface area contributed by atoms with Crippen LogP contribution in [0.4, 0.5) is 5.69 Å². The molecule has 5 heteroatoms. The smallest absolute Gasteiger partial charge is 0.106 e. The Morgan fingerprint density at radius 2 is 2.00 bits per heavy atom. The average molecular weight is 239 g/mol. The zero-order valence-electron chi connectivity index (χ0n) is 8.94. The number of aromatic nitrogens is 2. The van der Waals surface area contributed by atoms with E-state index in [1.165, 1.54) is 11.7 Å². The van der Waals surface area contributed by atoms with Gasteiger partial charge < -0.3 is 5.32 Å². The standard InChI is InChI=1S/C10H13N3S2/c1-10(2,14-3)11-7-4-5-8-9(6-7)13-15-12-8/h4-6,11H,1-3H3. The highest BCUT2D eigenvalue weighted by molar-refractivity contribution is 8.00. The van der Waals surface area contributed by atoms with Gasteiger partial charge in [-0.15, -0.1) is 11.8 Å². The van der Waals surface area contributed by atoms with Gasteiger partial charge in [0, 0.05) is 5.69 Å². The van der Waals surface area contributed by atoms with Crippen molar-refractivity contribution in [2.24, 2.45) is 0 Å². The molecule has 1 N–H and O–H groups in total. The van der Waals surface area contributed by atoms with Gasteiger partial charge in [-0.2, -0.15) is 8.75 Å². The SMILES string of the molecule is CSC(C)(C)Nc1ccc2nsnc2c1. The maximum atomic E-state index is 4.22. The molecule has 1 aromatic carbocycles. The lowest BCUT2D eigenvalue weighted by molar-refractivity contribution is 0.825. The van der Waals surface area contributed by atoms with Crippen molar-refractivity contribution in [1.82, 2.24) is 8.75 Å². The summed E-state index contributed by atoms with van der Waals surface area (Å²) in [6.07, 6.45) is 2.09. The molecule has 0 aliphatic rings. The lowest BCUT2D eigenvalue weighted by Gasteiger charge is -2.25. The van der Waals surface area contributed by atoms with Crippen LogP contribution in [0.1, 0.15) is 13.8 Å². The number of benzene rings is 1. The number of anilines is 1. The first kappa shape index (κ1) is 10.7. The second kappa shape index (κ2) is 3.98. The largest absolute Gasteiger partial charge is 0.371 e. The van der Waals surface area contributed by atoms with Crippen LogP contribution in [0.3, 0.4) is 0 Å². The summed E-state index contributed by atoms with van der Waals surface area (Å²) in [6, 6.07) is 6.08. The van der Waals surface area contributed by atoms with Crippen LogP contribution in [-0.4, -0.2) is 19.9 Å². The molecule has 15 heavy (non-hydrogen) atoms. The molecular weight excluding hydrogens is 226 g/mol. The van der Waals surface area contributed by atoms with E-state index < -0.39 is 0 Å². The minimum Gasteiger partial charge on any atom is -0.371 e. The van der Waals surface area contributed by atoms with Crippen molar-refractivity contribution < 1.29 is 0 Å². The van der Waals surface area contributed by atoms with Gasteiger partial charge in [0.2, 0.25) is 0 Å². The van der Waals surface area contributed by atoms with E-state index in [2.05, 4.69) is 34.2 Å². The first-order valence-electron chi connectivity index (χ1n) is 4.66. The molecule has 0 amide bonds. The van der Waals surface area contributed by atoms with Crippen LogP contribution in [0.5, 0.6) is 0 Å². The Hall–Kier alpha value is -0.810. The highest BCUT2D eigenvalue weighted by Gasteiger charge is 2.15. The van der Waals surface area contributed by atoms with Crippen LogP contribution in [0.2, 0.25) is 0 Å². The summed E-state index contributed by atoms with van der Waals surface area (Å²) >= 11 is 3.04. The van der Waals surface area contributed by atoms with E-state index in [1.807, 2.05) is 18.2 Å². The number of fused-ring (bicyclic) bond motifs is 1. The molecule has 0 spiro atoms. The molecule has 1 heterocycles. The number of thioether (sulfide) groups is 1. The van der Waals surface area contributed by atoms with Crippen molar-refractivity contribution in [2.45, 2.75) is 18.7 Å². The highest BCUT2D eigenvalue weighted by atomic mass is 32.2. The molecule has 3 nitrogen and oxygen atoms in total. The van der Waals surface area contributed by atoms with Crippen molar-refractivity contribution in [2.75, 3.05) is 11.6 Å². The normalized spacial score (nSPS) is 11.9. The van der Waals surface area contributed by atoms with E-state index in [1.54, 1.807) is 11.8 Å². The molecular formula is C10H13N3S2. The highest BCUT2D eigenvalue weighted by Crippen LogP contribution is 2.25. The van der Waals surface area contributed by atoms with Gasteiger partial charge in [-0.05, 0) is 38.3 Å². The molecule has 0 saturated carbocycles. The summed E-state index contributed by atoms with van der Waals surface area (Å²) in [6.45, 7) is 4.31. The van der Waals surface area contributed by atoms with E-state index in [9.17, 15) is 0 Å². The topological polar surface area (TPSA) is 37.8 Å². The van der Waals surface area contributed by atoms with Gasteiger partial charge in [0.25, 0.3) is 0 Å². The zero-order chi connectivity index (χ0) is 10.9. The van der Waals surface area contributed by atoms with Crippen LogP contribution in [-0.2, 0) is 0 Å². The molecule has 1 aromatic heterocycles. The van der Waals surface area contributed by atoms with Crippen LogP contribution in [0.15, 0.2) is 18.2 Å². The Morgan fingerprint density at radius 3 is 2.73 bits per heavy atom. The molecule has 80 valence electrons. The fourth-order valence-electron chi connectivity index (χ4n) is 1.26. The van der Waals surface area contributed by atoms with E-state index in [-0.39, 0.29) is 4.87 Å². The Balaban J connectivity index is 2.28. The van der Waals surface area contributed by atoms with Gasteiger partial charge in [0.05, 0.1) is 16.6 Å². The Labute approximate surface area is 97.6 Å². The van der Waals surface area contributed by atoms with Gasteiger partial charge in [-0.1, -0.05) is 0 Å². The predicted octanol–water partition coefficient (Wildman–Crippen LogP) is 3.20. The van der Waals surface area contributed by atoms with Crippen molar-refractivity contribution in [3.05, 3.63) is 18.2 Å². The molecule has 0 aliphatic carbocycles. The maximum absolute atomic E-state index is 4.22. The molecule has 0 unspecified atom stereocenters. The second-order valence-corrected chi connectivity index (χ2v) is 5.76. The third-order valence-corrected chi connectivity index (χ3v) is 3.89. The Morgan fingerprint density at radius 1 is 1.27 bits per heavy atom. The number of rotatable bonds is 3. The second-order valence-electron chi connectivity index (χ2n) is 3.81. The summed E-state index contributed by atoms with van der Waals surface area (Å²) in [5.74, 6) is 0. The van der Waals surface area contributed by atoms with Crippen molar-refractivity contribution >= 4 is 40.2 Å². The monoisotopic (exact) mass is 239 g/mol. The summed E-state index contributed by atoms with van der Waals surface area (Å²) in [7, 11) is 0. The zero-order valence-corrected chi connectivity index (χ0v) is 10.6. The number of hydrogen-bond acceptors (Lipinski definition) is 5. The van der Waals surface area contributed by atoms with Crippen LogP contribution in [0.25, 0.3) is 11.0 Å². The lowest BCUT2D eigenvalue weighted by Crippen LogP contribution is -2.25. The lowest BCUT2D eigenvalue weighted by atomic mass is 10.2. The summed E-state index contributed by atoms with van der Waals surface area (Å²) in [4.78, 5) is 0.0388. The molecule has 2 rings (SSSR count). The van der Waals surface area contributed by atoms with Crippen LogP contribution < -0.4 is 5.32 Å². The van der Waals surface area contributed by atoms with Crippen molar-refractivity contribution in [3.63, 3.8) is 0 Å². The Bertz CT molecular complexity index is 464. The summed E-state index contributed by atoms with van der Waals surface area (Å²) in [5, 5.41) is 3.45. The minimum absolute atomic E-state index is 0.0388. The predicted molar refractivity (Wildman–Crippen MR) is 68.6 cm³/mol. The number of nitrogens with zero attached hydrogens (tertiary/aromatic N) is 2. The van der Waals surface area contributed by atoms with E-state index in [4.69, 9.17) is 0 Å². The molecule has 2 aromatic rings. The third kappa shape index (κ3) is 2.41. The van der Waals surface area contributed by atoms with Crippen molar-refractivity contribution in [1.29, 1.82) is 0 Å². The van der Waals surface area contributed by atoms with Gasteiger partial charge in [-0.25, -0.2) is 0 Å². The first-order valence-corrected chi connectivity index (χ1v) is 6.62. The molecule has 0 saturated heterocycles. The maximum Gasteiger partial charge on any atom is 0.106 e. The van der Waals surface area contributed by atoms with Gasteiger partial charge in [-0.3, -0.25) is 0 Å². The summed E-state index contributed by atoms with van der Waals surface area (Å²) in [5.41, 5.74) is 3.02. The van der Waals surface area contributed by atoms with Gasteiger partial charge in [0.1, 0.15) is 11.0 Å². The van der Waals surface area contributed by atoms with Crippen LogP contribution >= 0.6 is 23.5 Å². The number of hydrogen-bond donors (Lipinski definition) is 1. The van der Waals surface area contributed by atoms with E-state index >= 15 is 0 Å². The minimum atomic E-state index is 0.0388. The van der Waals surface area contributed by atoms with Crippen molar-refractivity contribution in [3.8, 4) is 0 Å². The summed E-state index contributed by atoms with van der Waals surface area (Å²) < 4.78 is 8.39. The average Bonchev–Trinajstić information content (AvgIpc) is 2.64. The molecule has 0 aliphatic heterocycles. The molecule has 0 fully saturated rings.